The smallest absolute Gasteiger partial charge is 0.409 e. The average molecular weight is 369 g/mol. The molecule has 0 atom stereocenters. The molecule has 0 radical (unpaired) electrons. The molecule has 0 aliphatic carbocycles. The summed E-state index contributed by atoms with van der Waals surface area (Å²) in [7, 11) is 0. The Labute approximate surface area is 157 Å². The number of hydrogen-bond acceptors (Lipinski definition) is 4. The van der Waals surface area contributed by atoms with Crippen LogP contribution in [0.2, 0.25) is 0 Å². The van der Waals surface area contributed by atoms with Crippen molar-refractivity contribution >= 4 is 34.4 Å². The second-order valence-corrected chi connectivity index (χ2v) is 6.41. The number of hydrogen-bond donors (Lipinski definition) is 2. The van der Waals surface area contributed by atoms with Gasteiger partial charge in [0, 0.05) is 30.2 Å². The minimum absolute atomic E-state index is 0.138. The number of likely N-dealkylation sites (tertiary alicyclic amines) is 1. The van der Waals surface area contributed by atoms with E-state index < -0.39 is 11.8 Å². The van der Waals surface area contributed by atoms with Gasteiger partial charge in [-0.3, -0.25) is 9.59 Å². The predicted octanol–water partition coefficient (Wildman–Crippen LogP) is 2.52. The summed E-state index contributed by atoms with van der Waals surface area (Å²) in [5.74, 6) is -1.36. The lowest BCUT2D eigenvalue weighted by atomic mass is 10.1. The van der Waals surface area contributed by atoms with Gasteiger partial charge >= 0.3 is 17.9 Å². The highest BCUT2D eigenvalue weighted by molar-refractivity contribution is 6.40. The van der Waals surface area contributed by atoms with Gasteiger partial charge in [-0.15, -0.1) is 0 Å². The Hall–Kier alpha value is -3.09. The maximum Gasteiger partial charge on any atom is 0.409 e. The zero-order chi connectivity index (χ0) is 19.2. The van der Waals surface area contributed by atoms with Crippen LogP contribution in [-0.2, 0) is 14.3 Å². The Balaban J connectivity index is 1.54. The Morgan fingerprint density at radius 1 is 1.04 bits per heavy atom. The number of nitrogens with one attached hydrogen (secondary N) is 2. The van der Waals surface area contributed by atoms with E-state index in [1.165, 1.54) is 0 Å². The summed E-state index contributed by atoms with van der Waals surface area (Å²) in [4.78, 5) is 37.8. The van der Waals surface area contributed by atoms with Crippen LogP contribution in [0, 0.1) is 0 Å². The van der Waals surface area contributed by atoms with Crippen molar-refractivity contribution in [2.75, 3.05) is 25.0 Å². The van der Waals surface area contributed by atoms with Crippen LogP contribution in [0.15, 0.2) is 42.5 Å². The minimum Gasteiger partial charge on any atom is -0.450 e. The minimum atomic E-state index is -0.695. The number of fused-ring (bicyclic) bond motifs is 1. The maximum atomic E-state index is 12.3. The van der Waals surface area contributed by atoms with Crippen LogP contribution >= 0.6 is 0 Å². The van der Waals surface area contributed by atoms with E-state index in [-0.39, 0.29) is 12.1 Å². The molecule has 2 aromatic carbocycles. The molecule has 142 valence electrons. The van der Waals surface area contributed by atoms with Crippen molar-refractivity contribution in [1.82, 2.24) is 10.2 Å². The fraction of sp³-hybridized carbons (Fsp3) is 0.350. The van der Waals surface area contributed by atoms with Gasteiger partial charge in [0.1, 0.15) is 0 Å². The molecule has 1 heterocycles. The summed E-state index contributed by atoms with van der Waals surface area (Å²) in [5, 5.41) is 7.30. The molecule has 7 heteroatoms. The number of anilines is 1. The van der Waals surface area contributed by atoms with Crippen molar-refractivity contribution in [2.45, 2.75) is 25.8 Å². The Morgan fingerprint density at radius 2 is 1.74 bits per heavy atom. The van der Waals surface area contributed by atoms with Crippen LogP contribution in [0.1, 0.15) is 19.8 Å². The number of carbonyl (C=O) groups excluding carboxylic acids is 3. The van der Waals surface area contributed by atoms with Gasteiger partial charge in [0.25, 0.3) is 0 Å². The van der Waals surface area contributed by atoms with Gasteiger partial charge < -0.3 is 20.3 Å². The first-order valence-corrected chi connectivity index (χ1v) is 9.09. The van der Waals surface area contributed by atoms with E-state index in [0.29, 0.717) is 38.2 Å². The van der Waals surface area contributed by atoms with Crippen LogP contribution in [0.3, 0.4) is 0 Å². The van der Waals surface area contributed by atoms with Crippen molar-refractivity contribution in [3.63, 3.8) is 0 Å². The van der Waals surface area contributed by atoms with E-state index in [2.05, 4.69) is 10.6 Å². The normalized spacial score (nSPS) is 14.6. The molecule has 3 rings (SSSR count). The number of rotatable bonds is 3. The lowest BCUT2D eigenvalue weighted by Gasteiger charge is -2.31. The van der Waals surface area contributed by atoms with Gasteiger partial charge in [0.2, 0.25) is 0 Å². The van der Waals surface area contributed by atoms with Gasteiger partial charge in [0.15, 0.2) is 0 Å². The van der Waals surface area contributed by atoms with Gasteiger partial charge in [-0.1, -0.05) is 36.4 Å². The van der Waals surface area contributed by atoms with E-state index in [1.54, 1.807) is 17.9 Å². The molecule has 7 nitrogen and oxygen atoms in total. The standard InChI is InChI=1S/C20H23N3O4/c1-2-27-20(26)23-12-10-15(11-13-23)21-18(24)19(25)22-17-9-5-7-14-6-3-4-8-16(14)17/h3-9,15H,2,10-13H2,1H3,(H,21,24)(H,22,25). The fourth-order valence-corrected chi connectivity index (χ4v) is 3.19. The van der Waals surface area contributed by atoms with Gasteiger partial charge in [0.05, 0.1) is 6.61 Å². The Kier molecular flexibility index (Phi) is 5.90. The first kappa shape index (κ1) is 18.7. The zero-order valence-electron chi connectivity index (χ0n) is 15.2. The lowest BCUT2D eigenvalue weighted by molar-refractivity contribution is -0.136. The van der Waals surface area contributed by atoms with Crippen molar-refractivity contribution in [1.29, 1.82) is 0 Å². The lowest BCUT2D eigenvalue weighted by Crippen LogP contribution is -2.49. The molecule has 1 aliphatic rings. The topological polar surface area (TPSA) is 87.7 Å². The summed E-state index contributed by atoms with van der Waals surface area (Å²) in [6.07, 6.45) is 0.842. The molecule has 2 aromatic rings. The average Bonchev–Trinajstić information content (AvgIpc) is 2.69. The highest BCUT2D eigenvalue weighted by atomic mass is 16.6. The predicted molar refractivity (Wildman–Crippen MR) is 102 cm³/mol. The van der Waals surface area contributed by atoms with Gasteiger partial charge in [-0.05, 0) is 31.2 Å². The number of amides is 3. The largest absolute Gasteiger partial charge is 0.450 e. The monoisotopic (exact) mass is 369 g/mol. The van der Waals surface area contributed by atoms with E-state index in [1.807, 2.05) is 36.4 Å². The first-order valence-electron chi connectivity index (χ1n) is 9.09. The quantitative estimate of drug-likeness (QED) is 0.814. The molecular weight excluding hydrogens is 346 g/mol. The molecule has 0 bridgehead atoms. The second-order valence-electron chi connectivity index (χ2n) is 6.41. The molecule has 0 aromatic heterocycles. The van der Waals surface area contributed by atoms with E-state index in [0.717, 1.165) is 10.8 Å². The first-order chi connectivity index (χ1) is 13.1. The summed E-state index contributed by atoms with van der Waals surface area (Å²) >= 11 is 0. The molecular formula is C20H23N3O4. The molecule has 1 aliphatic heterocycles. The second kappa shape index (κ2) is 8.53. The van der Waals surface area contributed by atoms with Crippen LogP contribution in [0.25, 0.3) is 10.8 Å². The summed E-state index contributed by atoms with van der Waals surface area (Å²) in [6, 6.07) is 13.1. The Morgan fingerprint density at radius 3 is 2.48 bits per heavy atom. The third-order valence-electron chi connectivity index (χ3n) is 4.60. The van der Waals surface area contributed by atoms with Crippen molar-refractivity contribution in [3.05, 3.63) is 42.5 Å². The molecule has 1 fully saturated rings. The van der Waals surface area contributed by atoms with Crippen molar-refractivity contribution in [3.8, 4) is 0 Å². The maximum absolute atomic E-state index is 12.3. The van der Waals surface area contributed by atoms with Crippen LogP contribution < -0.4 is 10.6 Å². The molecule has 0 spiro atoms. The summed E-state index contributed by atoms with van der Waals surface area (Å²) < 4.78 is 4.97. The number of ether oxygens (including phenoxy) is 1. The van der Waals surface area contributed by atoms with Crippen molar-refractivity contribution < 1.29 is 19.1 Å². The highest BCUT2D eigenvalue weighted by Gasteiger charge is 2.26. The molecule has 0 saturated carbocycles. The molecule has 3 amide bonds. The number of benzene rings is 2. The summed E-state index contributed by atoms with van der Waals surface area (Å²) in [6.45, 7) is 3.09. The third kappa shape index (κ3) is 4.55. The highest BCUT2D eigenvalue weighted by Crippen LogP contribution is 2.22. The van der Waals surface area contributed by atoms with E-state index in [4.69, 9.17) is 4.74 Å². The fourth-order valence-electron chi connectivity index (χ4n) is 3.19. The molecule has 2 N–H and O–H groups in total. The van der Waals surface area contributed by atoms with Gasteiger partial charge in [-0.25, -0.2) is 4.79 Å². The Bertz CT molecular complexity index is 839. The SMILES string of the molecule is CCOC(=O)N1CCC(NC(=O)C(=O)Nc2cccc3ccccc23)CC1. The molecule has 1 saturated heterocycles. The number of piperidine rings is 1. The van der Waals surface area contributed by atoms with Crippen LogP contribution in [-0.4, -0.2) is 48.5 Å². The summed E-state index contributed by atoms with van der Waals surface area (Å²) in [5.41, 5.74) is 0.602. The number of carbonyl (C=O) groups is 3. The van der Waals surface area contributed by atoms with Crippen molar-refractivity contribution in [2.24, 2.45) is 0 Å². The number of nitrogens with zero attached hydrogens (tertiary/aromatic N) is 1. The van der Waals surface area contributed by atoms with E-state index in [9.17, 15) is 14.4 Å². The third-order valence-corrected chi connectivity index (χ3v) is 4.60. The molecule has 0 unspecified atom stereocenters. The van der Waals surface area contributed by atoms with Gasteiger partial charge in [-0.2, -0.15) is 0 Å². The van der Waals surface area contributed by atoms with Crippen LogP contribution in [0.4, 0.5) is 10.5 Å². The van der Waals surface area contributed by atoms with Crippen LogP contribution in [0.5, 0.6) is 0 Å². The molecule has 27 heavy (non-hydrogen) atoms. The van der Waals surface area contributed by atoms with E-state index >= 15 is 0 Å². The zero-order valence-corrected chi connectivity index (χ0v) is 15.2.